The number of carbonyl (C=O) groups is 1. The Kier molecular flexibility index (Phi) is 6.30. The molecule has 0 unspecified atom stereocenters. The molecule has 24 heavy (non-hydrogen) atoms. The van der Waals surface area contributed by atoms with Gasteiger partial charge in [0.05, 0.1) is 6.54 Å². The molecule has 0 aromatic heterocycles. The van der Waals surface area contributed by atoms with Gasteiger partial charge in [-0.2, -0.15) is 0 Å². The van der Waals surface area contributed by atoms with Crippen LogP contribution in [-0.2, 0) is 4.79 Å². The zero-order valence-corrected chi connectivity index (χ0v) is 14.8. The lowest BCUT2D eigenvalue weighted by atomic mass is 9.95. The van der Waals surface area contributed by atoms with Crippen molar-refractivity contribution in [2.24, 2.45) is 5.92 Å². The molecule has 2 saturated heterocycles. The third-order valence-corrected chi connectivity index (χ3v) is 5.14. The van der Waals surface area contributed by atoms with E-state index in [2.05, 4.69) is 22.4 Å². The monoisotopic (exact) mass is 347 g/mol. The molecular weight excluding hydrogens is 322 g/mol. The van der Waals surface area contributed by atoms with E-state index in [1.807, 2.05) is 29.2 Å². The van der Waals surface area contributed by atoms with Gasteiger partial charge in [0, 0.05) is 44.3 Å². The topological polar surface area (TPSA) is 35.6 Å². The van der Waals surface area contributed by atoms with Crippen LogP contribution in [0.4, 0.5) is 0 Å². The first kappa shape index (κ1) is 17.5. The number of likely N-dealkylation sites (tertiary alicyclic amines) is 1. The number of nitrogens with zero attached hydrogens (tertiary/aromatic N) is 2. The molecule has 3 rings (SSSR count). The van der Waals surface area contributed by atoms with Gasteiger partial charge in [0.25, 0.3) is 0 Å². The van der Waals surface area contributed by atoms with E-state index < -0.39 is 0 Å². The molecule has 1 aromatic carbocycles. The highest BCUT2D eigenvalue weighted by atomic mass is 35.5. The average Bonchev–Trinajstić information content (AvgIpc) is 2.62. The van der Waals surface area contributed by atoms with Crippen molar-refractivity contribution in [1.29, 1.82) is 0 Å². The number of piperidine rings is 1. The summed E-state index contributed by atoms with van der Waals surface area (Å²) in [5.74, 6) is 0.848. The molecule has 2 aliphatic rings. The highest BCUT2D eigenvalue weighted by molar-refractivity contribution is 6.30. The van der Waals surface area contributed by atoms with Gasteiger partial charge in [0.1, 0.15) is 0 Å². The number of halogens is 1. The maximum Gasteiger partial charge on any atom is 0.236 e. The van der Waals surface area contributed by atoms with E-state index in [1.54, 1.807) is 0 Å². The molecule has 130 valence electrons. The van der Waals surface area contributed by atoms with Gasteiger partial charge in [0.2, 0.25) is 5.91 Å². The molecule has 0 saturated carbocycles. The van der Waals surface area contributed by atoms with Crippen LogP contribution in [0.1, 0.15) is 18.4 Å². The van der Waals surface area contributed by atoms with E-state index in [9.17, 15) is 4.79 Å². The molecule has 0 spiro atoms. The van der Waals surface area contributed by atoms with E-state index >= 15 is 0 Å². The summed E-state index contributed by atoms with van der Waals surface area (Å²) >= 11 is 5.91. The van der Waals surface area contributed by atoms with Crippen LogP contribution in [0, 0.1) is 5.92 Å². The molecule has 0 atom stereocenters. The fraction of sp³-hybridized carbons (Fsp3) is 0.526. The first-order valence-electron chi connectivity index (χ1n) is 8.85. The summed E-state index contributed by atoms with van der Waals surface area (Å²) in [4.78, 5) is 16.7. The Hall–Kier alpha value is -1.36. The Bertz CT molecular complexity index is 558. The van der Waals surface area contributed by atoms with E-state index in [0.717, 1.165) is 57.1 Å². The number of amides is 1. The highest BCUT2D eigenvalue weighted by Gasteiger charge is 2.23. The molecule has 1 N–H and O–H groups in total. The Morgan fingerprint density at radius 1 is 1.12 bits per heavy atom. The number of nitrogens with one attached hydrogen (secondary N) is 1. The molecule has 0 radical (unpaired) electrons. The van der Waals surface area contributed by atoms with Gasteiger partial charge in [-0.25, -0.2) is 0 Å². The number of rotatable bonds is 4. The van der Waals surface area contributed by atoms with Crippen LogP contribution >= 0.6 is 11.6 Å². The van der Waals surface area contributed by atoms with Crippen molar-refractivity contribution in [3.63, 3.8) is 0 Å². The summed E-state index contributed by atoms with van der Waals surface area (Å²) in [7, 11) is 0. The van der Waals surface area contributed by atoms with Gasteiger partial charge in [-0.3, -0.25) is 9.69 Å². The second-order valence-electron chi connectivity index (χ2n) is 6.66. The van der Waals surface area contributed by atoms with Crippen molar-refractivity contribution in [3.8, 4) is 0 Å². The molecule has 5 heteroatoms. The van der Waals surface area contributed by atoms with Crippen molar-refractivity contribution in [1.82, 2.24) is 15.1 Å². The summed E-state index contributed by atoms with van der Waals surface area (Å²) in [5.41, 5.74) is 1.18. The van der Waals surface area contributed by atoms with E-state index in [-0.39, 0.29) is 5.91 Å². The Labute approximate surface area is 149 Å². The van der Waals surface area contributed by atoms with Crippen LogP contribution in [0.25, 0.3) is 6.08 Å². The second-order valence-corrected chi connectivity index (χ2v) is 7.09. The van der Waals surface area contributed by atoms with Gasteiger partial charge < -0.3 is 10.2 Å². The zero-order chi connectivity index (χ0) is 16.8. The standard InChI is InChI=1S/C19H26ClN3O/c20-18-5-3-16(4-6-18)1-2-17-7-11-23(12-8-17)19(24)15-22-13-9-21-10-14-22/h1-6,17,21H,7-15H2/b2-1+. The SMILES string of the molecule is O=C(CN1CCNCC1)N1CCC(/C=C/c2ccc(Cl)cc2)CC1. The maximum atomic E-state index is 12.4. The van der Waals surface area contributed by atoms with E-state index in [0.29, 0.717) is 12.5 Å². The Morgan fingerprint density at radius 3 is 2.46 bits per heavy atom. The van der Waals surface area contributed by atoms with E-state index in [4.69, 9.17) is 11.6 Å². The van der Waals surface area contributed by atoms with E-state index in [1.165, 1.54) is 5.56 Å². The summed E-state index contributed by atoms with van der Waals surface area (Å²) < 4.78 is 0. The van der Waals surface area contributed by atoms with Crippen LogP contribution in [0.2, 0.25) is 5.02 Å². The normalized spacial score (nSPS) is 20.6. The fourth-order valence-corrected chi connectivity index (χ4v) is 3.45. The summed E-state index contributed by atoms with van der Waals surface area (Å²) in [6.07, 6.45) is 6.55. The summed E-state index contributed by atoms with van der Waals surface area (Å²) in [6.45, 7) is 6.27. The lowest BCUT2D eigenvalue weighted by Gasteiger charge is -2.33. The van der Waals surface area contributed by atoms with Crippen molar-refractivity contribution in [2.75, 3.05) is 45.8 Å². The minimum absolute atomic E-state index is 0.289. The minimum Gasteiger partial charge on any atom is -0.342 e. The third-order valence-electron chi connectivity index (χ3n) is 4.89. The van der Waals surface area contributed by atoms with Gasteiger partial charge in [-0.1, -0.05) is 35.9 Å². The van der Waals surface area contributed by atoms with Gasteiger partial charge in [0.15, 0.2) is 0 Å². The molecule has 2 fully saturated rings. The molecule has 1 aromatic rings. The highest BCUT2D eigenvalue weighted by Crippen LogP contribution is 2.20. The molecule has 1 amide bonds. The minimum atomic E-state index is 0.289. The van der Waals surface area contributed by atoms with Gasteiger partial charge in [-0.15, -0.1) is 0 Å². The zero-order valence-electron chi connectivity index (χ0n) is 14.1. The smallest absolute Gasteiger partial charge is 0.236 e. The fourth-order valence-electron chi connectivity index (χ4n) is 3.32. The number of hydrogen-bond acceptors (Lipinski definition) is 3. The van der Waals surface area contributed by atoms with Crippen LogP contribution in [-0.4, -0.2) is 61.5 Å². The summed E-state index contributed by atoms with van der Waals surface area (Å²) in [6, 6.07) is 7.90. The third kappa shape index (κ3) is 5.07. The molecule has 4 nitrogen and oxygen atoms in total. The van der Waals surface area contributed by atoms with Crippen molar-refractivity contribution in [2.45, 2.75) is 12.8 Å². The van der Waals surface area contributed by atoms with Crippen LogP contribution in [0.3, 0.4) is 0 Å². The maximum absolute atomic E-state index is 12.4. The largest absolute Gasteiger partial charge is 0.342 e. The van der Waals surface area contributed by atoms with Crippen LogP contribution in [0.5, 0.6) is 0 Å². The van der Waals surface area contributed by atoms with Crippen molar-refractivity contribution < 1.29 is 4.79 Å². The molecule has 0 aliphatic carbocycles. The van der Waals surface area contributed by atoms with Crippen LogP contribution in [0.15, 0.2) is 30.3 Å². The number of carbonyl (C=O) groups excluding carboxylic acids is 1. The van der Waals surface area contributed by atoms with Gasteiger partial charge in [-0.05, 0) is 36.5 Å². The summed E-state index contributed by atoms with van der Waals surface area (Å²) in [5, 5.41) is 4.09. The van der Waals surface area contributed by atoms with Gasteiger partial charge >= 0.3 is 0 Å². The molecule has 0 bridgehead atoms. The van der Waals surface area contributed by atoms with Crippen molar-refractivity contribution >= 4 is 23.6 Å². The Morgan fingerprint density at radius 2 is 1.79 bits per heavy atom. The lowest BCUT2D eigenvalue weighted by Crippen LogP contribution is -2.49. The first-order valence-corrected chi connectivity index (χ1v) is 9.23. The molecule has 2 heterocycles. The quantitative estimate of drug-likeness (QED) is 0.909. The number of piperazine rings is 1. The van der Waals surface area contributed by atoms with Crippen LogP contribution < -0.4 is 5.32 Å². The number of allylic oxidation sites excluding steroid dienone is 1. The number of benzene rings is 1. The number of hydrogen-bond donors (Lipinski definition) is 1. The lowest BCUT2D eigenvalue weighted by molar-refractivity contribution is -0.133. The second kappa shape index (κ2) is 8.65. The Balaban J connectivity index is 1.43. The predicted octanol–water partition coefficient (Wildman–Crippen LogP) is 2.50. The first-order chi connectivity index (χ1) is 11.7. The predicted molar refractivity (Wildman–Crippen MR) is 99.1 cm³/mol. The van der Waals surface area contributed by atoms with Crippen molar-refractivity contribution in [3.05, 3.63) is 40.9 Å². The molecular formula is C19H26ClN3O. The average molecular weight is 348 g/mol. The molecule has 2 aliphatic heterocycles.